The van der Waals surface area contributed by atoms with E-state index in [4.69, 9.17) is 4.74 Å². The van der Waals surface area contributed by atoms with Gasteiger partial charge in [-0.1, -0.05) is 0 Å². The van der Waals surface area contributed by atoms with Gasteiger partial charge in [-0.15, -0.1) is 11.8 Å². The molecular formula is C16H19N3O5S. The van der Waals surface area contributed by atoms with Crippen molar-refractivity contribution in [1.82, 2.24) is 10.2 Å². The van der Waals surface area contributed by atoms with Gasteiger partial charge in [-0.25, -0.2) is 4.79 Å². The Kier molecular flexibility index (Phi) is 6.40. The van der Waals surface area contributed by atoms with Crippen LogP contribution < -0.4 is 10.6 Å². The number of amides is 3. The van der Waals surface area contributed by atoms with Gasteiger partial charge in [0.1, 0.15) is 0 Å². The number of rotatable bonds is 5. The van der Waals surface area contributed by atoms with Crippen molar-refractivity contribution in [2.24, 2.45) is 0 Å². The fourth-order valence-electron chi connectivity index (χ4n) is 2.05. The number of anilines is 1. The van der Waals surface area contributed by atoms with Crippen LogP contribution in [0.5, 0.6) is 0 Å². The van der Waals surface area contributed by atoms with E-state index in [0.717, 1.165) is 4.90 Å². The molecule has 2 rings (SSSR count). The molecule has 0 saturated heterocycles. The zero-order valence-corrected chi connectivity index (χ0v) is 14.8. The first-order valence-electron chi connectivity index (χ1n) is 7.59. The third-order valence-electron chi connectivity index (χ3n) is 3.49. The summed E-state index contributed by atoms with van der Waals surface area (Å²) in [6, 6.07) is 4.86. The molecule has 0 aliphatic carbocycles. The molecule has 0 unspecified atom stereocenters. The quantitative estimate of drug-likeness (QED) is 0.736. The topological polar surface area (TPSA) is 105 Å². The lowest BCUT2D eigenvalue weighted by Crippen LogP contribution is -2.39. The fourth-order valence-corrected chi connectivity index (χ4v) is 2.99. The highest BCUT2D eigenvalue weighted by atomic mass is 32.2. The van der Waals surface area contributed by atoms with Crippen LogP contribution in [-0.2, 0) is 19.1 Å². The van der Waals surface area contributed by atoms with E-state index in [1.165, 1.54) is 36.8 Å². The van der Waals surface area contributed by atoms with Crippen LogP contribution in [0.15, 0.2) is 23.1 Å². The van der Waals surface area contributed by atoms with E-state index in [-0.39, 0.29) is 23.9 Å². The summed E-state index contributed by atoms with van der Waals surface area (Å²) < 4.78 is 4.99. The average Bonchev–Trinajstić information content (AvgIpc) is 2.78. The second kappa shape index (κ2) is 8.52. The van der Waals surface area contributed by atoms with E-state index in [1.54, 1.807) is 12.1 Å². The maximum atomic E-state index is 12.1. The standard InChI is InChI=1S/C16H19N3O5S/c1-17-14(21)8-19(2)15(22)9-24-16(23)10-3-4-12-11(7-10)18-13(20)5-6-25-12/h3-4,7H,5-6,8-9H2,1-2H3,(H,17,21)(H,18,20). The highest BCUT2D eigenvalue weighted by molar-refractivity contribution is 7.99. The lowest BCUT2D eigenvalue weighted by molar-refractivity contribution is -0.137. The van der Waals surface area contributed by atoms with Gasteiger partial charge in [0.15, 0.2) is 6.61 Å². The van der Waals surface area contributed by atoms with Crippen LogP contribution in [0.4, 0.5) is 5.69 Å². The molecule has 1 aromatic carbocycles. The summed E-state index contributed by atoms with van der Waals surface area (Å²) in [5.41, 5.74) is 0.799. The Morgan fingerprint density at radius 2 is 2.12 bits per heavy atom. The molecule has 3 amide bonds. The number of nitrogens with one attached hydrogen (secondary N) is 2. The molecule has 0 spiro atoms. The summed E-state index contributed by atoms with van der Waals surface area (Å²) in [7, 11) is 2.91. The molecule has 0 aromatic heterocycles. The molecule has 1 heterocycles. The zero-order valence-electron chi connectivity index (χ0n) is 14.0. The Morgan fingerprint density at radius 1 is 1.36 bits per heavy atom. The molecule has 134 valence electrons. The number of fused-ring (bicyclic) bond motifs is 1. The number of benzene rings is 1. The van der Waals surface area contributed by atoms with Crippen LogP contribution in [0.25, 0.3) is 0 Å². The smallest absolute Gasteiger partial charge is 0.338 e. The fraction of sp³-hybridized carbons (Fsp3) is 0.375. The molecule has 0 atom stereocenters. The molecule has 0 saturated carbocycles. The number of likely N-dealkylation sites (N-methyl/N-ethyl adjacent to an activating group) is 2. The maximum Gasteiger partial charge on any atom is 0.338 e. The molecule has 1 aromatic rings. The number of ether oxygens (including phenoxy) is 1. The van der Waals surface area contributed by atoms with Gasteiger partial charge in [0.25, 0.3) is 5.91 Å². The third-order valence-corrected chi connectivity index (χ3v) is 4.56. The van der Waals surface area contributed by atoms with Crippen molar-refractivity contribution in [2.75, 3.05) is 38.3 Å². The summed E-state index contributed by atoms with van der Waals surface area (Å²) in [6.07, 6.45) is 0.408. The monoisotopic (exact) mass is 365 g/mol. The van der Waals surface area contributed by atoms with Crippen molar-refractivity contribution in [3.8, 4) is 0 Å². The van der Waals surface area contributed by atoms with Gasteiger partial charge in [-0.3, -0.25) is 14.4 Å². The molecule has 8 nitrogen and oxygen atoms in total. The minimum absolute atomic E-state index is 0.109. The van der Waals surface area contributed by atoms with Gasteiger partial charge in [-0.05, 0) is 18.2 Å². The third kappa shape index (κ3) is 5.21. The highest BCUT2D eigenvalue weighted by Crippen LogP contribution is 2.31. The van der Waals surface area contributed by atoms with Crippen molar-refractivity contribution in [3.63, 3.8) is 0 Å². The van der Waals surface area contributed by atoms with E-state index in [9.17, 15) is 19.2 Å². The predicted molar refractivity (Wildman–Crippen MR) is 92.4 cm³/mol. The number of thioether (sulfide) groups is 1. The molecule has 1 aliphatic rings. The van der Waals surface area contributed by atoms with E-state index < -0.39 is 18.5 Å². The average molecular weight is 365 g/mol. The van der Waals surface area contributed by atoms with Crippen molar-refractivity contribution in [1.29, 1.82) is 0 Å². The van der Waals surface area contributed by atoms with Gasteiger partial charge in [0.05, 0.1) is 17.8 Å². The Balaban J connectivity index is 1.96. The van der Waals surface area contributed by atoms with E-state index >= 15 is 0 Å². The van der Waals surface area contributed by atoms with Gasteiger partial charge in [0, 0.05) is 31.2 Å². The number of hydrogen-bond donors (Lipinski definition) is 2. The number of nitrogens with zero attached hydrogens (tertiary/aromatic N) is 1. The Hall–Kier alpha value is -2.55. The first kappa shape index (κ1) is 18.8. The highest BCUT2D eigenvalue weighted by Gasteiger charge is 2.18. The second-order valence-electron chi connectivity index (χ2n) is 5.36. The lowest BCUT2D eigenvalue weighted by atomic mass is 10.2. The Bertz CT molecular complexity index is 707. The van der Waals surface area contributed by atoms with Crippen molar-refractivity contribution >= 4 is 41.1 Å². The van der Waals surface area contributed by atoms with Crippen LogP contribution in [0.1, 0.15) is 16.8 Å². The first-order valence-corrected chi connectivity index (χ1v) is 8.57. The van der Waals surface area contributed by atoms with Crippen LogP contribution in [-0.4, -0.2) is 61.6 Å². The minimum Gasteiger partial charge on any atom is -0.452 e. The van der Waals surface area contributed by atoms with Crippen LogP contribution >= 0.6 is 11.8 Å². The number of hydrogen-bond acceptors (Lipinski definition) is 6. The molecule has 9 heteroatoms. The molecule has 2 N–H and O–H groups in total. The Morgan fingerprint density at radius 3 is 2.84 bits per heavy atom. The Labute approximate surface area is 149 Å². The van der Waals surface area contributed by atoms with Gasteiger partial charge in [-0.2, -0.15) is 0 Å². The summed E-state index contributed by atoms with van der Waals surface area (Å²) >= 11 is 1.53. The van der Waals surface area contributed by atoms with Gasteiger partial charge in [0.2, 0.25) is 11.8 Å². The molecule has 25 heavy (non-hydrogen) atoms. The molecule has 0 radical (unpaired) electrons. The normalized spacial score (nSPS) is 13.1. The molecule has 0 bridgehead atoms. The van der Waals surface area contributed by atoms with Crippen molar-refractivity contribution in [2.45, 2.75) is 11.3 Å². The molecule has 1 aliphatic heterocycles. The van der Waals surface area contributed by atoms with E-state index in [2.05, 4.69) is 10.6 Å². The SMILES string of the molecule is CNC(=O)CN(C)C(=O)COC(=O)c1ccc2c(c1)NC(=O)CCS2. The maximum absolute atomic E-state index is 12.1. The molecule has 0 fully saturated rings. The van der Waals surface area contributed by atoms with E-state index in [1.807, 2.05) is 0 Å². The summed E-state index contributed by atoms with van der Waals surface area (Å²) in [5, 5.41) is 5.14. The molecular weight excluding hydrogens is 346 g/mol. The minimum atomic E-state index is -0.673. The summed E-state index contributed by atoms with van der Waals surface area (Å²) in [4.78, 5) is 48.9. The predicted octanol–water partition coefficient (Wildman–Crippen LogP) is 0.482. The number of esters is 1. The van der Waals surface area contributed by atoms with Gasteiger partial charge < -0.3 is 20.3 Å². The largest absolute Gasteiger partial charge is 0.452 e. The van der Waals surface area contributed by atoms with Crippen molar-refractivity contribution in [3.05, 3.63) is 23.8 Å². The van der Waals surface area contributed by atoms with Gasteiger partial charge >= 0.3 is 5.97 Å². The van der Waals surface area contributed by atoms with Crippen LogP contribution in [0.2, 0.25) is 0 Å². The number of carbonyl (C=O) groups is 4. The number of carbonyl (C=O) groups excluding carboxylic acids is 4. The van der Waals surface area contributed by atoms with E-state index in [0.29, 0.717) is 17.9 Å². The summed E-state index contributed by atoms with van der Waals surface area (Å²) in [5.74, 6) is -0.915. The zero-order chi connectivity index (χ0) is 18.4. The first-order chi connectivity index (χ1) is 11.9. The summed E-state index contributed by atoms with van der Waals surface area (Å²) in [6.45, 7) is -0.584. The van der Waals surface area contributed by atoms with Crippen LogP contribution in [0, 0.1) is 0 Å². The van der Waals surface area contributed by atoms with Crippen LogP contribution in [0.3, 0.4) is 0 Å². The van der Waals surface area contributed by atoms with Crippen molar-refractivity contribution < 1.29 is 23.9 Å². The second-order valence-corrected chi connectivity index (χ2v) is 6.49. The lowest BCUT2D eigenvalue weighted by Gasteiger charge is -2.16.